The molecule has 0 aliphatic heterocycles. The molecule has 0 heterocycles. The van der Waals surface area contributed by atoms with Crippen LogP contribution in [0.1, 0.15) is 30.2 Å². The van der Waals surface area contributed by atoms with Gasteiger partial charge in [0.2, 0.25) is 0 Å². The van der Waals surface area contributed by atoms with E-state index in [1.165, 1.54) is 0 Å². The lowest BCUT2D eigenvalue weighted by Crippen LogP contribution is -2.24. The Bertz CT molecular complexity index is 648. The van der Waals surface area contributed by atoms with Crippen molar-refractivity contribution in [2.24, 2.45) is 0 Å². The maximum atomic E-state index is 10.3. The second kappa shape index (κ2) is 8.20. The molecular weight excluding hydrogens is 314 g/mol. The van der Waals surface area contributed by atoms with Crippen molar-refractivity contribution in [3.05, 3.63) is 58.6 Å². The summed E-state index contributed by atoms with van der Waals surface area (Å²) in [6, 6.07) is 13.1. The lowest BCUT2D eigenvalue weighted by Gasteiger charge is -2.19. The first-order valence-electron chi connectivity index (χ1n) is 7.44. The molecule has 23 heavy (non-hydrogen) atoms. The van der Waals surface area contributed by atoms with E-state index < -0.39 is 6.10 Å². The summed E-state index contributed by atoms with van der Waals surface area (Å²) < 4.78 is 10.6. The van der Waals surface area contributed by atoms with E-state index >= 15 is 0 Å². The van der Waals surface area contributed by atoms with Gasteiger partial charge in [0.25, 0.3) is 0 Å². The first-order valence-corrected chi connectivity index (χ1v) is 7.82. The number of aliphatic hydroxyl groups is 1. The van der Waals surface area contributed by atoms with Crippen molar-refractivity contribution < 1.29 is 14.6 Å². The number of hydrogen-bond acceptors (Lipinski definition) is 4. The SMILES string of the molecule is COc1ccc(C(C)NCC(O)c2ccccc2Cl)cc1OC. The predicted molar refractivity (Wildman–Crippen MR) is 92.4 cm³/mol. The van der Waals surface area contributed by atoms with E-state index in [9.17, 15) is 5.11 Å². The van der Waals surface area contributed by atoms with Gasteiger partial charge in [0.05, 0.1) is 20.3 Å². The minimum Gasteiger partial charge on any atom is -0.493 e. The summed E-state index contributed by atoms with van der Waals surface area (Å²) in [7, 11) is 3.22. The second-order valence-corrected chi connectivity index (χ2v) is 5.69. The van der Waals surface area contributed by atoms with E-state index in [-0.39, 0.29) is 6.04 Å². The molecule has 2 atom stereocenters. The van der Waals surface area contributed by atoms with Crippen LogP contribution in [0.4, 0.5) is 0 Å². The zero-order chi connectivity index (χ0) is 16.8. The van der Waals surface area contributed by atoms with Crippen LogP contribution in [0.15, 0.2) is 42.5 Å². The van der Waals surface area contributed by atoms with Crippen molar-refractivity contribution in [3.63, 3.8) is 0 Å². The van der Waals surface area contributed by atoms with E-state index in [0.29, 0.717) is 23.1 Å². The van der Waals surface area contributed by atoms with Gasteiger partial charge in [-0.2, -0.15) is 0 Å². The Balaban J connectivity index is 2.02. The number of nitrogens with one attached hydrogen (secondary N) is 1. The normalized spacial score (nSPS) is 13.4. The van der Waals surface area contributed by atoms with Crippen molar-refractivity contribution in [2.45, 2.75) is 19.1 Å². The highest BCUT2D eigenvalue weighted by molar-refractivity contribution is 6.31. The van der Waals surface area contributed by atoms with Crippen LogP contribution in [0.25, 0.3) is 0 Å². The molecular formula is C18H22ClNO3. The van der Waals surface area contributed by atoms with Crippen LogP contribution in [0.5, 0.6) is 11.5 Å². The van der Waals surface area contributed by atoms with Crippen LogP contribution in [-0.2, 0) is 0 Å². The smallest absolute Gasteiger partial charge is 0.161 e. The van der Waals surface area contributed by atoms with Gasteiger partial charge in [-0.05, 0) is 30.7 Å². The molecule has 0 radical (unpaired) electrons. The van der Waals surface area contributed by atoms with Crippen molar-refractivity contribution in [1.82, 2.24) is 5.32 Å². The molecule has 2 N–H and O–H groups in total. The molecule has 0 aromatic heterocycles. The van der Waals surface area contributed by atoms with Crippen molar-refractivity contribution in [1.29, 1.82) is 0 Å². The molecule has 0 spiro atoms. The minimum absolute atomic E-state index is 0.0481. The minimum atomic E-state index is -0.661. The molecule has 0 aliphatic rings. The average molecular weight is 336 g/mol. The molecule has 0 saturated carbocycles. The number of rotatable bonds is 7. The van der Waals surface area contributed by atoms with Gasteiger partial charge in [0, 0.05) is 23.2 Å². The molecule has 124 valence electrons. The molecule has 0 saturated heterocycles. The Labute approximate surface area is 142 Å². The van der Waals surface area contributed by atoms with Gasteiger partial charge < -0.3 is 19.9 Å². The Hall–Kier alpha value is -1.75. The molecule has 2 aromatic carbocycles. The van der Waals surface area contributed by atoms with E-state index in [1.807, 2.05) is 43.3 Å². The third-order valence-corrected chi connectivity index (χ3v) is 4.13. The maximum absolute atomic E-state index is 10.3. The van der Waals surface area contributed by atoms with E-state index in [1.54, 1.807) is 20.3 Å². The highest BCUT2D eigenvalue weighted by Crippen LogP contribution is 2.30. The van der Waals surface area contributed by atoms with Gasteiger partial charge >= 0.3 is 0 Å². The fraction of sp³-hybridized carbons (Fsp3) is 0.333. The van der Waals surface area contributed by atoms with Gasteiger partial charge in [-0.25, -0.2) is 0 Å². The van der Waals surface area contributed by atoms with Gasteiger partial charge in [0.15, 0.2) is 11.5 Å². The summed E-state index contributed by atoms with van der Waals surface area (Å²) in [5, 5.41) is 14.2. The quantitative estimate of drug-likeness (QED) is 0.809. The summed E-state index contributed by atoms with van der Waals surface area (Å²) in [5.41, 5.74) is 1.77. The van der Waals surface area contributed by atoms with E-state index in [4.69, 9.17) is 21.1 Å². The van der Waals surface area contributed by atoms with Crippen molar-refractivity contribution in [3.8, 4) is 11.5 Å². The highest BCUT2D eigenvalue weighted by atomic mass is 35.5. The van der Waals surface area contributed by atoms with E-state index in [0.717, 1.165) is 11.1 Å². The Morgan fingerprint density at radius 2 is 1.78 bits per heavy atom. The van der Waals surface area contributed by atoms with Crippen LogP contribution < -0.4 is 14.8 Å². The Morgan fingerprint density at radius 3 is 2.43 bits per heavy atom. The Kier molecular flexibility index (Phi) is 6.28. The molecule has 4 nitrogen and oxygen atoms in total. The number of halogens is 1. The number of methoxy groups -OCH3 is 2. The molecule has 2 aromatic rings. The molecule has 2 rings (SSSR count). The van der Waals surface area contributed by atoms with Crippen LogP contribution in [-0.4, -0.2) is 25.9 Å². The zero-order valence-electron chi connectivity index (χ0n) is 13.5. The molecule has 5 heteroatoms. The van der Waals surface area contributed by atoms with Crippen LogP contribution in [0.3, 0.4) is 0 Å². The third-order valence-electron chi connectivity index (χ3n) is 3.79. The van der Waals surface area contributed by atoms with Gasteiger partial charge in [-0.15, -0.1) is 0 Å². The fourth-order valence-electron chi connectivity index (χ4n) is 2.38. The van der Waals surface area contributed by atoms with Crippen LogP contribution in [0, 0.1) is 0 Å². The van der Waals surface area contributed by atoms with Gasteiger partial charge in [-0.3, -0.25) is 0 Å². The van der Waals surface area contributed by atoms with Gasteiger partial charge in [-0.1, -0.05) is 35.9 Å². The molecule has 0 fully saturated rings. The molecule has 0 amide bonds. The molecule has 2 unspecified atom stereocenters. The summed E-state index contributed by atoms with van der Waals surface area (Å²) in [5.74, 6) is 1.38. The van der Waals surface area contributed by atoms with E-state index in [2.05, 4.69) is 5.32 Å². The Morgan fingerprint density at radius 1 is 1.09 bits per heavy atom. The van der Waals surface area contributed by atoms with Crippen LogP contribution in [0.2, 0.25) is 5.02 Å². The first kappa shape index (κ1) is 17.6. The summed E-state index contributed by atoms with van der Waals surface area (Å²) in [6.07, 6.45) is -0.661. The largest absolute Gasteiger partial charge is 0.493 e. The highest BCUT2D eigenvalue weighted by Gasteiger charge is 2.14. The maximum Gasteiger partial charge on any atom is 0.161 e. The number of benzene rings is 2. The topological polar surface area (TPSA) is 50.7 Å². The van der Waals surface area contributed by atoms with Gasteiger partial charge in [0.1, 0.15) is 0 Å². The zero-order valence-corrected chi connectivity index (χ0v) is 14.3. The van der Waals surface area contributed by atoms with Crippen molar-refractivity contribution in [2.75, 3.05) is 20.8 Å². The summed E-state index contributed by atoms with van der Waals surface area (Å²) >= 11 is 6.11. The van der Waals surface area contributed by atoms with Crippen LogP contribution >= 0.6 is 11.6 Å². The molecule has 0 aliphatic carbocycles. The second-order valence-electron chi connectivity index (χ2n) is 5.28. The predicted octanol–water partition coefficient (Wildman–Crippen LogP) is 3.74. The standard InChI is InChI=1S/C18H22ClNO3/c1-12(13-8-9-17(22-2)18(10-13)23-3)20-11-16(21)14-6-4-5-7-15(14)19/h4-10,12,16,20-21H,11H2,1-3H3. The summed E-state index contributed by atoms with van der Waals surface area (Å²) in [4.78, 5) is 0. The third kappa shape index (κ3) is 4.38. The van der Waals surface area contributed by atoms with Crippen molar-refractivity contribution >= 4 is 11.6 Å². The lowest BCUT2D eigenvalue weighted by molar-refractivity contribution is 0.171. The summed E-state index contributed by atoms with van der Waals surface area (Å²) in [6.45, 7) is 2.43. The molecule has 0 bridgehead atoms. The number of ether oxygens (including phenoxy) is 2. The first-order chi connectivity index (χ1) is 11.1. The monoisotopic (exact) mass is 335 g/mol. The number of aliphatic hydroxyl groups excluding tert-OH is 1. The average Bonchev–Trinajstić information content (AvgIpc) is 2.59. The number of hydrogen-bond donors (Lipinski definition) is 2. The lowest BCUT2D eigenvalue weighted by atomic mass is 10.1. The fourth-order valence-corrected chi connectivity index (χ4v) is 2.65.